The summed E-state index contributed by atoms with van der Waals surface area (Å²) in [5.41, 5.74) is 1.73. The second kappa shape index (κ2) is 9.40. The highest BCUT2D eigenvalue weighted by Crippen LogP contribution is 2.40. The highest BCUT2D eigenvalue weighted by molar-refractivity contribution is 5.85. The normalized spacial score (nSPS) is 20.5. The smallest absolute Gasteiger partial charge is 0.414 e. The third-order valence-electron chi connectivity index (χ3n) is 5.59. The van der Waals surface area contributed by atoms with Gasteiger partial charge in [0.05, 0.1) is 25.1 Å². The lowest BCUT2D eigenvalue weighted by Crippen LogP contribution is -2.28. The molecule has 4 rings (SSSR count). The van der Waals surface area contributed by atoms with Crippen molar-refractivity contribution in [2.45, 2.75) is 51.5 Å². The Kier molecular flexibility index (Phi) is 6.54. The largest absolute Gasteiger partial charge is 0.471 e. The monoisotopic (exact) mass is 467 g/mol. The molecular weight excluding hydrogens is 438 g/mol. The van der Waals surface area contributed by atoms with Crippen molar-refractivity contribution in [1.29, 1.82) is 0 Å². The Balaban J connectivity index is 1.71. The molecule has 0 radical (unpaired) electrons. The summed E-state index contributed by atoms with van der Waals surface area (Å²) in [6.07, 6.45) is 0.506. The molecule has 0 bridgehead atoms. The Morgan fingerprint density at radius 3 is 2.65 bits per heavy atom. The van der Waals surface area contributed by atoms with Crippen LogP contribution in [0, 0.1) is 5.92 Å². The molecule has 1 aliphatic rings. The van der Waals surface area contributed by atoms with E-state index >= 15 is 0 Å². The lowest BCUT2D eigenvalue weighted by molar-refractivity contribution is 0.0634. The van der Waals surface area contributed by atoms with E-state index in [1.807, 2.05) is 30.3 Å². The van der Waals surface area contributed by atoms with Crippen LogP contribution in [0.1, 0.15) is 38.8 Å². The first-order valence-corrected chi connectivity index (χ1v) is 11.0. The maximum absolute atomic E-state index is 12.4. The molecule has 0 saturated heterocycles. The predicted octanol–water partition coefficient (Wildman–Crippen LogP) is 3.22. The standard InChI is InChI=1S/C24H29N5O5/c1-14-16(11-30)18(31)10-17(14)29-13-25-19-20(29)26-22(28-23(32)34-24(2,3)4)27-21(19)33-12-15-8-6-5-7-9-15/h5-9,13,16-18,30-31H,1,10-12H2,2-4H3,(H,26,27,28,32)/t16-,17-,18-/m0/s1. The molecule has 0 unspecified atom stereocenters. The number of nitrogens with one attached hydrogen (secondary N) is 1. The van der Waals surface area contributed by atoms with Crippen LogP contribution in [0.5, 0.6) is 5.88 Å². The van der Waals surface area contributed by atoms with E-state index in [0.717, 1.165) is 5.56 Å². The van der Waals surface area contributed by atoms with Crippen molar-refractivity contribution in [3.63, 3.8) is 0 Å². The Morgan fingerprint density at radius 2 is 2.00 bits per heavy atom. The first-order valence-electron chi connectivity index (χ1n) is 11.0. The van der Waals surface area contributed by atoms with Crippen LogP contribution in [0.3, 0.4) is 0 Å². The zero-order valence-electron chi connectivity index (χ0n) is 19.4. The topological polar surface area (TPSA) is 132 Å². The number of carbonyl (C=O) groups is 1. The van der Waals surface area contributed by atoms with Gasteiger partial charge in [-0.25, -0.2) is 9.78 Å². The van der Waals surface area contributed by atoms with E-state index in [0.29, 0.717) is 23.2 Å². The number of aromatic nitrogens is 4. The number of carbonyl (C=O) groups excluding carboxylic acids is 1. The summed E-state index contributed by atoms with van der Waals surface area (Å²) >= 11 is 0. The summed E-state index contributed by atoms with van der Waals surface area (Å²) < 4.78 is 13.0. The van der Waals surface area contributed by atoms with Gasteiger partial charge in [-0.1, -0.05) is 36.9 Å². The summed E-state index contributed by atoms with van der Waals surface area (Å²) in [5.74, 6) is -0.242. The van der Waals surface area contributed by atoms with Gasteiger partial charge in [-0.15, -0.1) is 0 Å². The van der Waals surface area contributed by atoms with Crippen LogP contribution < -0.4 is 10.1 Å². The van der Waals surface area contributed by atoms with E-state index in [2.05, 4.69) is 26.8 Å². The van der Waals surface area contributed by atoms with Gasteiger partial charge in [0.15, 0.2) is 11.2 Å². The molecule has 1 amide bonds. The van der Waals surface area contributed by atoms with Crippen LogP contribution in [0.2, 0.25) is 0 Å². The van der Waals surface area contributed by atoms with Crippen molar-refractivity contribution >= 4 is 23.2 Å². The number of nitrogens with zero attached hydrogens (tertiary/aromatic N) is 4. The van der Waals surface area contributed by atoms with Crippen LogP contribution in [-0.2, 0) is 11.3 Å². The first-order chi connectivity index (χ1) is 16.2. The molecule has 10 nitrogen and oxygen atoms in total. The highest BCUT2D eigenvalue weighted by Gasteiger charge is 2.38. The van der Waals surface area contributed by atoms with Crippen LogP contribution in [0.4, 0.5) is 10.7 Å². The van der Waals surface area contributed by atoms with Crippen molar-refractivity contribution in [1.82, 2.24) is 19.5 Å². The van der Waals surface area contributed by atoms with E-state index in [1.54, 1.807) is 31.7 Å². The molecule has 180 valence electrons. The van der Waals surface area contributed by atoms with Gasteiger partial charge in [0.1, 0.15) is 12.2 Å². The quantitative estimate of drug-likeness (QED) is 0.471. The molecule has 3 N–H and O–H groups in total. The Bertz CT molecular complexity index is 1190. The minimum atomic E-state index is -0.727. The van der Waals surface area contributed by atoms with Crippen LogP contribution >= 0.6 is 0 Å². The van der Waals surface area contributed by atoms with Crippen LogP contribution in [0.15, 0.2) is 48.8 Å². The van der Waals surface area contributed by atoms with E-state index in [4.69, 9.17) is 9.47 Å². The zero-order valence-corrected chi connectivity index (χ0v) is 19.4. The van der Waals surface area contributed by atoms with E-state index < -0.39 is 23.7 Å². The lowest BCUT2D eigenvalue weighted by atomic mass is 10.0. The maximum Gasteiger partial charge on any atom is 0.414 e. The lowest BCUT2D eigenvalue weighted by Gasteiger charge is -2.19. The fraction of sp³-hybridized carbons (Fsp3) is 0.417. The van der Waals surface area contributed by atoms with Gasteiger partial charge in [0, 0.05) is 5.92 Å². The minimum absolute atomic E-state index is 0.00516. The van der Waals surface area contributed by atoms with Crippen molar-refractivity contribution < 1.29 is 24.5 Å². The Labute approximate surface area is 197 Å². The van der Waals surface area contributed by atoms with Crippen molar-refractivity contribution in [2.75, 3.05) is 11.9 Å². The average molecular weight is 468 g/mol. The number of hydrogen-bond acceptors (Lipinski definition) is 8. The molecular formula is C24H29N5O5. The summed E-state index contributed by atoms with van der Waals surface area (Å²) in [7, 11) is 0. The summed E-state index contributed by atoms with van der Waals surface area (Å²) in [4.78, 5) is 25.7. The van der Waals surface area contributed by atoms with Crippen molar-refractivity contribution in [2.24, 2.45) is 5.92 Å². The second-order valence-corrected chi connectivity index (χ2v) is 9.26. The molecule has 3 atom stereocenters. The predicted molar refractivity (Wildman–Crippen MR) is 125 cm³/mol. The second-order valence-electron chi connectivity index (χ2n) is 9.26. The summed E-state index contributed by atoms with van der Waals surface area (Å²) in [6, 6.07) is 9.26. The van der Waals surface area contributed by atoms with Crippen LogP contribution in [-0.4, -0.2) is 54.1 Å². The fourth-order valence-electron chi connectivity index (χ4n) is 3.97. The minimum Gasteiger partial charge on any atom is -0.471 e. The van der Waals surface area contributed by atoms with Gasteiger partial charge >= 0.3 is 6.09 Å². The molecule has 34 heavy (non-hydrogen) atoms. The highest BCUT2D eigenvalue weighted by atomic mass is 16.6. The van der Waals surface area contributed by atoms with E-state index in [-0.39, 0.29) is 31.1 Å². The molecule has 3 aromatic rings. The number of amides is 1. The molecule has 2 aromatic heterocycles. The molecule has 10 heteroatoms. The zero-order chi connectivity index (χ0) is 24.5. The number of anilines is 1. The van der Waals surface area contributed by atoms with Gasteiger partial charge in [0.2, 0.25) is 11.8 Å². The van der Waals surface area contributed by atoms with Gasteiger partial charge < -0.3 is 24.3 Å². The molecule has 0 spiro atoms. The molecule has 2 heterocycles. The number of aliphatic hydroxyl groups excluding tert-OH is 2. The van der Waals surface area contributed by atoms with Gasteiger partial charge in [-0.05, 0) is 38.3 Å². The summed E-state index contributed by atoms with van der Waals surface area (Å²) in [6.45, 7) is 9.40. The summed E-state index contributed by atoms with van der Waals surface area (Å²) in [5, 5.41) is 22.6. The van der Waals surface area contributed by atoms with Crippen LogP contribution in [0.25, 0.3) is 11.2 Å². The number of ether oxygens (including phenoxy) is 2. The number of aliphatic hydroxyl groups is 2. The Morgan fingerprint density at radius 1 is 1.26 bits per heavy atom. The van der Waals surface area contributed by atoms with Gasteiger partial charge in [0.25, 0.3) is 0 Å². The maximum atomic E-state index is 12.4. The number of rotatable bonds is 6. The molecule has 1 aliphatic carbocycles. The van der Waals surface area contributed by atoms with Gasteiger partial charge in [-0.2, -0.15) is 9.97 Å². The van der Waals surface area contributed by atoms with Crippen molar-refractivity contribution in [3.8, 4) is 5.88 Å². The Hall–Kier alpha value is -3.50. The molecule has 0 aliphatic heterocycles. The van der Waals surface area contributed by atoms with Gasteiger partial charge in [-0.3, -0.25) is 5.32 Å². The number of benzene rings is 1. The third kappa shape index (κ3) is 5.02. The molecule has 1 fully saturated rings. The molecule has 1 saturated carbocycles. The van der Waals surface area contributed by atoms with Crippen molar-refractivity contribution in [3.05, 3.63) is 54.4 Å². The number of hydrogen-bond donors (Lipinski definition) is 3. The number of imidazole rings is 1. The SMILES string of the molecule is C=C1[C@H](CO)[C@@H](O)C[C@@H]1n1cnc2c(OCc3ccccc3)nc(NC(=O)OC(C)(C)C)nc21. The third-order valence-corrected chi connectivity index (χ3v) is 5.59. The number of fused-ring (bicyclic) bond motifs is 1. The van der Waals surface area contributed by atoms with E-state index in [9.17, 15) is 15.0 Å². The molecule has 1 aromatic carbocycles. The first kappa shape index (κ1) is 23.7. The fourth-order valence-corrected chi connectivity index (χ4v) is 3.97. The van der Waals surface area contributed by atoms with E-state index in [1.165, 1.54) is 0 Å². The average Bonchev–Trinajstić information content (AvgIpc) is 3.31.